The topological polar surface area (TPSA) is 99.9 Å². The lowest BCUT2D eigenvalue weighted by molar-refractivity contribution is -0.132. The minimum atomic E-state index is -3.80. The van der Waals surface area contributed by atoms with Crippen LogP contribution in [0.2, 0.25) is 10.0 Å². The Labute approximate surface area is 178 Å². The fourth-order valence-electron chi connectivity index (χ4n) is 2.94. The van der Waals surface area contributed by atoms with Gasteiger partial charge in [-0.1, -0.05) is 29.3 Å². The lowest BCUT2D eigenvalue weighted by Crippen LogP contribution is -2.50. The summed E-state index contributed by atoms with van der Waals surface area (Å²) in [7, 11) is -3.80. The van der Waals surface area contributed by atoms with Gasteiger partial charge < -0.3 is 14.6 Å². The monoisotopic (exact) mass is 459 g/mol. The molecule has 1 fully saturated rings. The van der Waals surface area contributed by atoms with Gasteiger partial charge in [0.2, 0.25) is 15.9 Å². The van der Waals surface area contributed by atoms with Gasteiger partial charge in [0.25, 0.3) is 5.91 Å². The number of hydrogen-bond acceptors (Lipinski definition) is 5. The van der Waals surface area contributed by atoms with Gasteiger partial charge in [0.1, 0.15) is 11.2 Å². The quantitative estimate of drug-likeness (QED) is 0.713. The average Bonchev–Trinajstić information content (AvgIpc) is 3.25. The van der Waals surface area contributed by atoms with Crippen molar-refractivity contribution in [2.24, 2.45) is 0 Å². The van der Waals surface area contributed by atoms with E-state index in [2.05, 4.69) is 5.32 Å². The number of nitrogens with zero attached hydrogens (tertiary/aromatic N) is 2. The normalized spacial score (nSPS) is 15.3. The molecule has 1 aromatic carbocycles. The Morgan fingerprint density at radius 3 is 2.48 bits per heavy atom. The molecule has 8 nitrogen and oxygen atoms in total. The molecule has 0 unspecified atom stereocenters. The summed E-state index contributed by atoms with van der Waals surface area (Å²) >= 11 is 12.0. The standard InChI is InChI=1S/C18H19Cl2N3O5S/c19-14-2-1-3-15(17(14)20)29(26,27)23-9-7-22(8-10-23)16(24)4-6-21-18(25)13-5-11-28-12-13/h1-3,5,11-12H,4,6-10H2,(H,21,25). The van der Waals surface area contributed by atoms with Gasteiger partial charge in [0.15, 0.2) is 0 Å². The lowest BCUT2D eigenvalue weighted by atomic mass is 10.3. The van der Waals surface area contributed by atoms with Crippen LogP contribution in [0.1, 0.15) is 16.8 Å². The first-order valence-electron chi connectivity index (χ1n) is 8.83. The predicted octanol–water partition coefficient (Wildman–Crippen LogP) is 2.24. The van der Waals surface area contributed by atoms with Crippen molar-refractivity contribution >= 4 is 45.0 Å². The summed E-state index contributed by atoms with van der Waals surface area (Å²) < 4.78 is 31.8. The van der Waals surface area contributed by atoms with Crippen molar-refractivity contribution in [2.45, 2.75) is 11.3 Å². The smallest absolute Gasteiger partial charge is 0.254 e. The van der Waals surface area contributed by atoms with Gasteiger partial charge in [-0.3, -0.25) is 9.59 Å². The molecule has 1 aliphatic rings. The Morgan fingerprint density at radius 2 is 1.83 bits per heavy atom. The predicted molar refractivity (Wildman–Crippen MR) is 107 cm³/mol. The molecule has 1 saturated heterocycles. The number of hydrogen-bond donors (Lipinski definition) is 1. The van der Waals surface area contributed by atoms with Gasteiger partial charge in [-0.05, 0) is 18.2 Å². The van der Waals surface area contributed by atoms with Crippen molar-refractivity contribution in [3.63, 3.8) is 0 Å². The highest BCUT2D eigenvalue weighted by atomic mass is 35.5. The molecule has 1 aromatic heterocycles. The van der Waals surface area contributed by atoms with Crippen LogP contribution in [-0.2, 0) is 14.8 Å². The molecule has 0 spiro atoms. The third-order valence-corrected chi connectivity index (χ3v) is 7.41. The minimum absolute atomic E-state index is 0.0129. The Balaban J connectivity index is 1.51. The maximum atomic E-state index is 12.8. The van der Waals surface area contributed by atoms with Crippen molar-refractivity contribution in [1.29, 1.82) is 0 Å². The molecule has 2 aromatic rings. The Morgan fingerprint density at radius 1 is 1.10 bits per heavy atom. The van der Waals surface area contributed by atoms with E-state index in [0.717, 1.165) is 0 Å². The van der Waals surface area contributed by atoms with E-state index < -0.39 is 10.0 Å². The molecule has 1 aliphatic heterocycles. The third kappa shape index (κ3) is 4.92. The highest BCUT2D eigenvalue weighted by molar-refractivity contribution is 7.89. The maximum Gasteiger partial charge on any atom is 0.254 e. The number of sulfonamides is 1. The number of carbonyl (C=O) groups is 2. The molecule has 0 aliphatic carbocycles. The molecule has 11 heteroatoms. The second-order valence-electron chi connectivity index (χ2n) is 6.35. The first kappa shape index (κ1) is 21.6. The maximum absolute atomic E-state index is 12.8. The van der Waals surface area contributed by atoms with Crippen LogP contribution in [0.15, 0.2) is 46.1 Å². The minimum Gasteiger partial charge on any atom is -0.472 e. The molecule has 2 heterocycles. The van der Waals surface area contributed by atoms with E-state index in [0.29, 0.717) is 5.56 Å². The van der Waals surface area contributed by atoms with E-state index in [1.54, 1.807) is 4.90 Å². The van der Waals surface area contributed by atoms with Gasteiger partial charge in [0.05, 0.1) is 21.9 Å². The number of halogens is 2. The number of nitrogens with one attached hydrogen (secondary N) is 1. The van der Waals surface area contributed by atoms with E-state index in [1.807, 2.05) is 0 Å². The Bertz CT molecular complexity index is 987. The third-order valence-electron chi connectivity index (χ3n) is 4.53. The molecule has 0 atom stereocenters. The molecule has 1 N–H and O–H groups in total. The fraction of sp³-hybridized carbons (Fsp3) is 0.333. The zero-order chi connectivity index (χ0) is 21.0. The van der Waals surface area contributed by atoms with Crippen LogP contribution in [0.4, 0.5) is 0 Å². The van der Waals surface area contributed by atoms with Crippen molar-refractivity contribution in [2.75, 3.05) is 32.7 Å². The second-order valence-corrected chi connectivity index (χ2v) is 9.05. The van der Waals surface area contributed by atoms with Gasteiger partial charge in [-0.2, -0.15) is 4.31 Å². The van der Waals surface area contributed by atoms with Gasteiger partial charge in [-0.25, -0.2) is 8.42 Å². The van der Waals surface area contributed by atoms with E-state index >= 15 is 0 Å². The van der Waals surface area contributed by atoms with E-state index in [9.17, 15) is 18.0 Å². The van der Waals surface area contributed by atoms with Crippen LogP contribution in [0.5, 0.6) is 0 Å². The van der Waals surface area contributed by atoms with Gasteiger partial charge >= 0.3 is 0 Å². The molecule has 0 saturated carbocycles. The van der Waals surface area contributed by atoms with Crippen molar-refractivity contribution in [3.05, 3.63) is 52.4 Å². The highest BCUT2D eigenvalue weighted by Gasteiger charge is 2.31. The van der Waals surface area contributed by atoms with Crippen LogP contribution >= 0.6 is 23.2 Å². The second kappa shape index (κ2) is 9.17. The molecule has 29 heavy (non-hydrogen) atoms. The number of amides is 2. The van der Waals surface area contributed by atoms with E-state index in [-0.39, 0.29) is 65.9 Å². The first-order valence-corrected chi connectivity index (χ1v) is 11.0. The Hall–Kier alpha value is -2.07. The van der Waals surface area contributed by atoms with Gasteiger partial charge in [0, 0.05) is 39.1 Å². The number of benzene rings is 1. The van der Waals surface area contributed by atoms with Crippen LogP contribution in [-0.4, -0.2) is 62.2 Å². The summed E-state index contributed by atoms with van der Waals surface area (Å²) in [6.07, 6.45) is 2.84. The Kier molecular flexibility index (Phi) is 6.84. The van der Waals surface area contributed by atoms with Gasteiger partial charge in [-0.15, -0.1) is 0 Å². The molecule has 3 rings (SSSR count). The number of piperazine rings is 1. The summed E-state index contributed by atoms with van der Waals surface area (Å²) in [5.74, 6) is -0.476. The van der Waals surface area contributed by atoms with E-state index in [4.69, 9.17) is 27.6 Å². The lowest BCUT2D eigenvalue weighted by Gasteiger charge is -2.34. The zero-order valence-electron chi connectivity index (χ0n) is 15.3. The molecule has 2 amide bonds. The summed E-state index contributed by atoms with van der Waals surface area (Å²) in [5.41, 5.74) is 0.385. The number of carbonyl (C=O) groups excluding carboxylic acids is 2. The highest BCUT2D eigenvalue weighted by Crippen LogP contribution is 2.31. The molecule has 0 radical (unpaired) electrons. The summed E-state index contributed by atoms with van der Waals surface area (Å²) in [6.45, 7) is 0.994. The molecule has 156 valence electrons. The van der Waals surface area contributed by atoms with Crippen LogP contribution in [0, 0.1) is 0 Å². The summed E-state index contributed by atoms with van der Waals surface area (Å²) in [6, 6.07) is 5.98. The summed E-state index contributed by atoms with van der Waals surface area (Å²) in [4.78, 5) is 25.7. The van der Waals surface area contributed by atoms with Crippen LogP contribution < -0.4 is 5.32 Å². The van der Waals surface area contributed by atoms with E-state index in [1.165, 1.54) is 41.1 Å². The molecule has 0 bridgehead atoms. The number of rotatable bonds is 6. The zero-order valence-corrected chi connectivity index (χ0v) is 17.6. The number of furan rings is 1. The van der Waals surface area contributed by atoms with Crippen molar-refractivity contribution in [3.8, 4) is 0 Å². The SMILES string of the molecule is O=C(NCCC(=O)N1CCN(S(=O)(=O)c2cccc(Cl)c2Cl)CC1)c1ccoc1. The first-order chi connectivity index (χ1) is 13.8. The van der Waals surface area contributed by atoms with Crippen LogP contribution in [0.3, 0.4) is 0 Å². The largest absolute Gasteiger partial charge is 0.472 e. The van der Waals surface area contributed by atoms with Crippen molar-refractivity contribution in [1.82, 2.24) is 14.5 Å². The fourth-order valence-corrected chi connectivity index (χ4v) is 5.10. The van der Waals surface area contributed by atoms with Crippen molar-refractivity contribution < 1.29 is 22.4 Å². The average molecular weight is 460 g/mol. The summed E-state index contributed by atoms with van der Waals surface area (Å²) in [5, 5.41) is 2.79. The molecular formula is C18H19Cl2N3O5S. The molecular weight excluding hydrogens is 441 g/mol. The van der Waals surface area contributed by atoms with Crippen LogP contribution in [0.25, 0.3) is 0 Å².